The minimum absolute atomic E-state index is 0.0206. The summed E-state index contributed by atoms with van der Waals surface area (Å²) in [6, 6.07) is 9.04. The Kier molecular flexibility index (Phi) is 4.24. The van der Waals surface area contributed by atoms with Gasteiger partial charge in [-0.1, -0.05) is 17.8 Å². The number of anilines is 1. The number of aromatic nitrogens is 1. The van der Waals surface area contributed by atoms with E-state index >= 15 is 0 Å². The van der Waals surface area contributed by atoms with Crippen molar-refractivity contribution in [1.82, 2.24) is 4.98 Å². The number of nitro groups is 1. The van der Waals surface area contributed by atoms with Crippen molar-refractivity contribution < 1.29 is 4.92 Å². The first-order valence-corrected chi connectivity index (χ1v) is 6.91. The molecule has 0 aliphatic rings. The van der Waals surface area contributed by atoms with Crippen molar-refractivity contribution in [2.75, 3.05) is 12.4 Å². The van der Waals surface area contributed by atoms with Crippen LogP contribution in [0.3, 0.4) is 0 Å². The fraction of sp³-hybridized carbons (Fsp3) is 0.214. The summed E-state index contributed by atoms with van der Waals surface area (Å²) in [5.41, 5.74) is 2.37. The van der Waals surface area contributed by atoms with Crippen LogP contribution in [0.1, 0.15) is 11.1 Å². The molecule has 0 fully saturated rings. The monoisotopic (exact) mass is 289 g/mol. The van der Waals surface area contributed by atoms with Gasteiger partial charge < -0.3 is 5.32 Å². The first-order valence-electron chi connectivity index (χ1n) is 6.09. The molecule has 0 amide bonds. The van der Waals surface area contributed by atoms with E-state index in [1.165, 1.54) is 23.4 Å². The van der Waals surface area contributed by atoms with Gasteiger partial charge in [-0.25, -0.2) is 4.98 Å². The Hall–Kier alpha value is -2.08. The highest BCUT2D eigenvalue weighted by atomic mass is 32.2. The van der Waals surface area contributed by atoms with Gasteiger partial charge in [0.2, 0.25) is 0 Å². The number of nitrogens with one attached hydrogen (secondary N) is 1. The molecule has 0 saturated heterocycles. The minimum Gasteiger partial charge on any atom is -0.373 e. The van der Waals surface area contributed by atoms with E-state index in [9.17, 15) is 10.1 Å². The summed E-state index contributed by atoms with van der Waals surface area (Å²) in [7, 11) is 1.73. The maximum Gasteiger partial charge on any atom is 0.301 e. The SMILES string of the molecule is CNc1ccc([N+](=O)[O-])c(Sc2ccc(C)c(C)c2)n1. The van der Waals surface area contributed by atoms with Crippen LogP contribution in [0.15, 0.2) is 40.3 Å². The normalized spacial score (nSPS) is 10.3. The van der Waals surface area contributed by atoms with E-state index in [2.05, 4.69) is 10.3 Å². The summed E-state index contributed by atoms with van der Waals surface area (Å²) in [6.45, 7) is 4.05. The van der Waals surface area contributed by atoms with Gasteiger partial charge in [0.15, 0.2) is 5.03 Å². The van der Waals surface area contributed by atoms with Crippen LogP contribution in [0.4, 0.5) is 11.5 Å². The molecular formula is C14H15N3O2S. The summed E-state index contributed by atoms with van der Waals surface area (Å²) < 4.78 is 0. The van der Waals surface area contributed by atoms with E-state index in [-0.39, 0.29) is 5.69 Å². The number of pyridine rings is 1. The second kappa shape index (κ2) is 5.92. The van der Waals surface area contributed by atoms with E-state index in [1.807, 2.05) is 32.0 Å². The van der Waals surface area contributed by atoms with Crippen molar-refractivity contribution in [3.05, 3.63) is 51.6 Å². The van der Waals surface area contributed by atoms with Gasteiger partial charge in [0.05, 0.1) is 4.92 Å². The van der Waals surface area contributed by atoms with Crippen molar-refractivity contribution in [2.24, 2.45) is 0 Å². The lowest BCUT2D eigenvalue weighted by Gasteiger charge is -2.07. The van der Waals surface area contributed by atoms with Gasteiger partial charge in [-0.2, -0.15) is 0 Å². The van der Waals surface area contributed by atoms with Crippen LogP contribution in [0.5, 0.6) is 0 Å². The molecule has 1 heterocycles. The van der Waals surface area contributed by atoms with E-state index in [4.69, 9.17) is 0 Å². The van der Waals surface area contributed by atoms with Crippen LogP contribution in [0.25, 0.3) is 0 Å². The quantitative estimate of drug-likeness (QED) is 0.685. The lowest BCUT2D eigenvalue weighted by Crippen LogP contribution is -1.98. The van der Waals surface area contributed by atoms with Crippen LogP contribution in [-0.4, -0.2) is 17.0 Å². The van der Waals surface area contributed by atoms with Crippen molar-refractivity contribution in [3.8, 4) is 0 Å². The van der Waals surface area contributed by atoms with Crippen molar-refractivity contribution in [3.63, 3.8) is 0 Å². The van der Waals surface area contributed by atoms with Gasteiger partial charge in [-0.3, -0.25) is 10.1 Å². The molecule has 0 unspecified atom stereocenters. The maximum absolute atomic E-state index is 11.1. The highest BCUT2D eigenvalue weighted by Gasteiger charge is 2.17. The molecule has 1 N–H and O–H groups in total. The second-order valence-corrected chi connectivity index (χ2v) is 5.44. The Bertz CT molecular complexity index is 659. The molecule has 0 bridgehead atoms. The topological polar surface area (TPSA) is 68.1 Å². The zero-order chi connectivity index (χ0) is 14.7. The molecule has 2 aromatic rings. The second-order valence-electron chi connectivity index (χ2n) is 4.38. The largest absolute Gasteiger partial charge is 0.373 e. The van der Waals surface area contributed by atoms with E-state index in [0.29, 0.717) is 10.8 Å². The highest BCUT2D eigenvalue weighted by molar-refractivity contribution is 7.99. The van der Waals surface area contributed by atoms with Crippen LogP contribution < -0.4 is 5.32 Å². The fourth-order valence-corrected chi connectivity index (χ4v) is 2.66. The zero-order valence-electron chi connectivity index (χ0n) is 11.5. The maximum atomic E-state index is 11.1. The predicted octanol–water partition coefficient (Wildman–Crippen LogP) is 3.80. The third-order valence-electron chi connectivity index (χ3n) is 2.99. The standard InChI is InChI=1S/C14H15N3O2S/c1-9-4-5-11(8-10(9)2)20-14-12(17(18)19)6-7-13(15-3)16-14/h4-8H,1-3H3,(H,15,16). The molecule has 6 heteroatoms. The molecule has 0 spiro atoms. The minimum atomic E-state index is -0.407. The average molecular weight is 289 g/mol. The van der Waals surface area contributed by atoms with Crippen LogP contribution in [-0.2, 0) is 0 Å². The highest BCUT2D eigenvalue weighted by Crippen LogP contribution is 2.34. The number of aryl methyl sites for hydroxylation is 2. The van der Waals surface area contributed by atoms with E-state index in [0.717, 1.165) is 10.5 Å². The number of hydrogen-bond acceptors (Lipinski definition) is 5. The molecular weight excluding hydrogens is 274 g/mol. The molecule has 0 saturated carbocycles. The van der Waals surface area contributed by atoms with Gasteiger partial charge >= 0.3 is 5.69 Å². The molecule has 0 aliphatic carbocycles. The summed E-state index contributed by atoms with van der Waals surface area (Å²) in [6.07, 6.45) is 0. The number of benzene rings is 1. The predicted molar refractivity (Wildman–Crippen MR) is 80.5 cm³/mol. The lowest BCUT2D eigenvalue weighted by molar-refractivity contribution is -0.388. The Labute approximate surface area is 121 Å². The van der Waals surface area contributed by atoms with Gasteiger partial charge in [0, 0.05) is 18.0 Å². The molecule has 2 rings (SSSR count). The van der Waals surface area contributed by atoms with Gasteiger partial charge in [-0.15, -0.1) is 0 Å². The summed E-state index contributed by atoms with van der Waals surface area (Å²) in [5.74, 6) is 0.613. The first kappa shape index (κ1) is 14.3. The number of rotatable bonds is 4. The van der Waals surface area contributed by atoms with Crippen molar-refractivity contribution >= 4 is 23.3 Å². The fourth-order valence-electron chi connectivity index (χ4n) is 1.68. The first-order chi connectivity index (χ1) is 9.51. The van der Waals surface area contributed by atoms with Crippen molar-refractivity contribution in [1.29, 1.82) is 0 Å². The van der Waals surface area contributed by atoms with Crippen LogP contribution >= 0.6 is 11.8 Å². The van der Waals surface area contributed by atoms with Gasteiger partial charge in [0.25, 0.3) is 0 Å². The third-order valence-corrected chi connectivity index (χ3v) is 3.97. The molecule has 20 heavy (non-hydrogen) atoms. The molecule has 104 valence electrons. The summed E-state index contributed by atoms with van der Waals surface area (Å²) in [5, 5.41) is 14.4. The number of nitrogens with zero attached hydrogens (tertiary/aromatic N) is 2. The molecule has 1 aromatic carbocycles. The van der Waals surface area contributed by atoms with Crippen molar-refractivity contribution in [2.45, 2.75) is 23.8 Å². The van der Waals surface area contributed by atoms with Crippen LogP contribution in [0, 0.1) is 24.0 Å². The Morgan fingerprint density at radius 1 is 1.20 bits per heavy atom. The molecule has 1 aromatic heterocycles. The van der Waals surface area contributed by atoms with E-state index < -0.39 is 4.92 Å². The van der Waals surface area contributed by atoms with E-state index in [1.54, 1.807) is 13.1 Å². The molecule has 0 radical (unpaired) electrons. The Morgan fingerprint density at radius 3 is 2.55 bits per heavy atom. The summed E-state index contributed by atoms with van der Waals surface area (Å²) >= 11 is 1.30. The smallest absolute Gasteiger partial charge is 0.301 e. The third kappa shape index (κ3) is 3.08. The zero-order valence-corrected chi connectivity index (χ0v) is 12.3. The van der Waals surface area contributed by atoms with Gasteiger partial charge in [0.1, 0.15) is 5.82 Å². The molecule has 0 aliphatic heterocycles. The number of hydrogen-bond donors (Lipinski definition) is 1. The lowest BCUT2D eigenvalue weighted by atomic mass is 10.1. The Morgan fingerprint density at radius 2 is 1.95 bits per heavy atom. The molecule has 0 atom stereocenters. The van der Waals surface area contributed by atoms with Gasteiger partial charge in [-0.05, 0) is 43.2 Å². The Balaban J connectivity index is 2.40. The summed E-state index contributed by atoms with van der Waals surface area (Å²) in [4.78, 5) is 15.9. The average Bonchev–Trinajstić information content (AvgIpc) is 2.42. The molecule has 5 nitrogen and oxygen atoms in total. The van der Waals surface area contributed by atoms with Crippen LogP contribution in [0.2, 0.25) is 0 Å².